The van der Waals surface area contributed by atoms with Crippen LogP contribution in [0.3, 0.4) is 0 Å². The standard InChI is InChI=1S/C11H9O3P/c1-12-15-13-10-6-8-4-2-3-5-9(8)7-11(10)14-15/h2-7H,1H3. The molecule has 2 aromatic carbocycles. The molecular weight excluding hydrogens is 211 g/mol. The topological polar surface area (TPSA) is 27.7 Å². The monoisotopic (exact) mass is 220 g/mol. The van der Waals surface area contributed by atoms with Crippen molar-refractivity contribution < 1.29 is 13.6 Å². The fraction of sp³-hybridized carbons (Fsp3) is 0.0909. The first-order valence-electron chi connectivity index (χ1n) is 4.60. The smallest absolute Gasteiger partial charge is 0.414 e. The zero-order chi connectivity index (χ0) is 10.3. The highest BCUT2D eigenvalue weighted by molar-refractivity contribution is 7.43. The Bertz CT molecular complexity index is 468. The van der Waals surface area contributed by atoms with Crippen LogP contribution < -0.4 is 9.05 Å². The molecule has 1 heterocycles. The van der Waals surface area contributed by atoms with Gasteiger partial charge in [-0.05, 0) is 22.9 Å². The number of benzene rings is 2. The predicted octanol–water partition coefficient (Wildman–Crippen LogP) is 3.48. The van der Waals surface area contributed by atoms with Crippen LogP contribution in [-0.4, -0.2) is 7.11 Å². The first kappa shape index (κ1) is 8.96. The highest BCUT2D eigenvalue weighted by atomic mass is 31.2. The van der Waals surface area contributed by atoms with Crippen LogP contribution in [0.4, 0.5) is 0 Å². The van der Waals surface area contributed by atoms with E-state index in [1.54, 1.807) is 7.11 Å². The van der Waals surface area contributed by atoms with E-state index < -0.39 is 8.60 Å². The van der Waals surface area contributed by atoms with Gasteiger partial charge in [-0.2, -0.15) is 0 Å². The summed E-state index contributed by atoms with van der Waals surface area (Å²) >= 11 is 0. The van der Waals surface area contributed by atoms with E-state index in [2.05, 4.69) is 0 Å². The lowest BCUT2D eigenvalue weighted by Crippen LogP contribution is -1.85. The lowest BCUT2D eigenvalue weighted by molar-refractivity contribution is 0.352. The second-order valence-corrected chi connectivity index (χ2v) is 4.41. The van der Waals surface area contributed by atoms with Crippen molar-refractivity contribution in [3.05, 3.63) is 36.4 Å². The molecule has 3 nitrogen and oxygen atoms in total. The third kappa shape index (κ3) is 1.44. The van der Waals surface area contributed by atoms with Crippen molar-refractivity contribution >= 4 is 19.4 Å². The van der Waals surface area contributed by atoms with Crippen LogP contribution >= 0.6 is 8.60 Å². The lowest BCUT2D eigenvalue weighted by Gasteiger charge is -2.01. The molecule has 0 aliphatic carbocycles. The fourth-order valence-corrected chi connectivity index (χ4v) is 2.39. The van der Waals surface area contributed by atoms with Crippen LogP contribution in [-0.2, 0) is 4.52 Å². The third-order valence-corrected chi connectivity index (χ3v) is 3.30. The van der Waals surface area contributed by atoms with Gasteiger partial charge in [0.1, 0.15) is 0 Å². The van der Waals surface area contributed by atoms with E-state index in [4.69, 9.17) is 13.6 Å². The van der Waals surface area contributed by atoms with E-state index in [9.17, 15) is 0 Å². The van der Waals surface area contributed by atoms with E-state index in [-0.39, 0.29) is 0 Å². The molecular formula is C11H9O3P. The van der Waals surface area contributed by atoms with Gasteiger partial charge < -0.3 is 9.05 Å². The molecule has 0 N–H and O–H groups in total. The van der Waals surface area contributed by atoms with E-state index >= 15 is 0 Å². The van der Waals surface area contributed by atoms with Gasteiger partial charge in [0, 0.05) is 7.11 Å². The Hall–Kier alpha value is -1.31. The third-order valence-electron chi connectivity index (χ3n) is 2.31. The van der Waals surface area contributed by atoms with Crippen molar-refractivity contribution in [2.24, 2.45) is 0 Å². The van der Waals surface area contributed by atoms with Gasteiger partial charge in [-0.25, -0.2) is 0 Å². The van der Waals surface area contributed by atoms with Crippen molar-refractivity contribution in [3.63, 3.8) is 0 Å². The Kier molecular flexibility index (Phi) is 2.01. The van der Waals surface area contributed by atoms with Crippen LogP contribution in [0, 0.1) is 0 Å². The maximum atomic E-state index is 5.48. The predicted molar refractivity (Wildman–Crippen MR) is 59.1 cm³/mol. The Morgan fingerprint density at radius 1 is 1.00 bits per heavy atom. The molecule has 0 fully saturated rings. The maximum Gasteiger partial charge on any atom is 0.463 e. The second kappa shape index (κ2) is 3.37. The van der Waals surface area contributed by atoms with E-state index in [1.165, 1.54) is 0 Å². The van der Waals surface area contributed by atoms with Crippen molar-refractivity contribution in [1.29, 1.82) is 0 Å². The SMILES string of the molecule is COP1Oc2cc3ccccc3cc2O1. The molecule has 2 aromatic rings. The molecule has 4 heteroatoms. The van der Waals surface area contributed by atoms with Gasteiger partial charge in [-0.15, -0.1) is 0 Å². The zero-order valence-corrected chi connectivity index (χ0v) is 9.03. The van der Waals surface area contributed by atoms with E-state index in [0.29, 0.717) is 0 Å². The van der Waals surface area contributed by atoms with Gasteiger partial charge in [0.05, 0.1) is 0 Å². The Morgan fingerprint density at radius 2 is 1.53 bits per heavy atom. The average Bonchev–Trinajstić information content (AvgIpc) is 2.67. The minimum Gasteiger partial charge on any atom is -0.414 e. The molecule has 0 saturated carbocycles. The number of hydrogen-bond donors (Lipinski definition) is 0. The van der Waals surface area contributed by atoms with Crippen LogP contribution in [0.1, 0.15) is 0 Å². The van der Waals surface area contributed by atoms with E-state index in [1.807, 2.05) is 36.4 Å². The minimum absolute atomic E-state index is 0.765. The Balaban J connectivity index is 2.14. The number of fused-ring (bicyclic) bond motifs is 2. The normalized spacial score (nSPS) is 14.7. The van der Waals surface area contributed by atoms with Crippen molar-refractivity contribution in [2.75, 3.05) is 7.11 Å². The molecule has 3 rings (SSSR count). The molecule has 0 atom stereocenters. The first-order valence-corrected chi connectivity index (χ1v) is 5.69. The van der Waals surface area contributed by atoms with Crippen LogP contribution in [0.2, 0.25) is 0 Å². The van der Waals surface area contributed by atoms with E-state index in [0.717, 1.165) is 22.3 Å². The van der Waals surface area contributed by atoms with Crippen molar-refractivity contribution in [1.82, 2.24) is 0 Å². The van der Waals surface area contributed by atoms with Crippen molar-refractivity contribution in [3.8, 4) is 11.5 Å². The van der Waals surface area contributed by atoms with Gasteiger partial charge in [0.2, 0.25) is 0 Å². The molecule has 0 amide bonds. The summed E-state index contributed by atoms with van der Waals surface area (Å²) in [5.74, 6) is 1.53. The first-order chi connectivity index (χ1) is 7.36. The summed E-state index contributed by atoms with van der Waals surface area (Å²) in [6, 6.07) is 12.1. The molecule has 0 aromatic heterocycles. The molecule has 0 bridgehead atoms. The summed E-state index contributed by atoms with van der Waals surface area (Å²) in [6.07, 6.45) is 0. The molecule has 0 spiro atoms. The maximum absolute atomic E-state index is 5.48. The Morgan fingerprint density at radius 3 is 2.00 bits per heavy atom. The zero-order valence-electron chi connectivity index (χ0n) is 8.14. The minimum atomic E-state index is -1.23. The van der Waals surface area contributed by atoms with Crippen LogP contribution in [0.5, 0.6) is 11.5 Å². The summed E-state index contributed by atoms with van der Waals surface area (Å²) in [5.41, 5.74) is 0. The van der Waals surface area contributed by atoms with Gasteiger partial charge in [0.25, 0.3) is 0 Å². The highest BCUT2D eigenvalue weighted by Gasteiger charge is 2.26. The summed E-state index contributed by atoms with van der Waals surface area (Å²) < 4.78 is 16.0. The molecule has 76 valence electrons. The Labute approximate surface area is 88.6 Å². The number of hydrogen-bond acceptors (Lipinski definition) is 3. The highest BCUT2D eigenvalue weighted by Crippen LogP contribution is 2.53. The average molecular weight is 220 g/mol. The number of rotatable bonds is 1. The van der Waals surface area contributed by atoms with Gasteiger partial charge in [-0.3, -0.25) is 4.52 Å². The molecule has 0 unspecified atom stereocenters. The van der Waals surface area contributed by atoms with Crippen molar-refractivity contribution in [2.45, 2.75) is 0 Å². The summed E-state index contributed by atoms with van der Waals surface area (Å²) in [4.78, 5) is 0. The molecule has 1 aliphatic rings. The molecule has 0 saturated heterocycles. The summed E-state index contributed by atoms with van der Waals surface area (Å²) in [7, 11) is 0.348. The molecule has 15 heavy (non-hydrogen) atoms. The summed E-state index contributed by atoms with van der Waals surface area (Å²) in [6.45, 7) is 0. The van der Waals surface area contributed by atoms with Gasteiger partial charge >= 0.3 is 8.60 Å². The largest absolute Gasteiger partial charge is 0.463 e. The fourth-order valence-electron chi connectivity index (χ4n) is 1.59. The van der Waals surface area contributed by atoms with Gasteiger partial charge in [0.15, 0.2) is 11.5 Å². The summed E-state index contributed by atoms with van der Waals surface area (Å²) in [5, 5.41) is 2.29. The second-order valence-electron chi connectivity index (χ2n) is 3.23. The molecule has 0 radical (unpaired) electrons. The van der Waals surface area contributed by atoms with Crippen LogP contribution in [0.25, 0.3) is 10.8 Å². The molecule has 1 aliphatic heterocycles. The quantitative estimate of drug-likeness (QED) is 0.688. The van der Waals surface area contributed by atoms with Gasteiger partial charge in [-0.1, -0.05) is 24.3 Å². The lowest BCUT2D eigenvalue weighted by atomic mass is 10.1. The van der Waals surface area contributed by atoms with Crippen LogP contribution in [0.15, 0.2) is 36.4 Å².